The topological polar surface area (TPSA) is 162 Å². The molecule has 2 heterocycles. The van der Waals surface area contributed by atoms with Crippen molar-refractivity contribution in [3.63, 3.8) is 0 Å². The summed E-state index contributed by atoms with van der Waals surface area (Å²) in [6.07, 6.45) is 3.96. The van der Waals surface area contributed by atoms with Crippen LogP contribution in [0.25, 0.3) is 10.9 Å². The molecule has 2 aromatic carbocycles. The Labute approximate surface area is 230 Å². The summed E-state index contributed by atoms with van der Waals surface area (Å²) in [4.78, 5) is 40.0. The van der Waals surface area contributed by atoms with Crippen molar-refractivity contribution in [2.24, 2.45) is 0 Å². The Hall–Kier alpha value is -2.99. The predicted molar refractivity (Wildman–Crippen MR) is 124 cm³/mol. The minimum absolute atomic E-state index is 0. The molecule has 0 unspecified atom stereocenters. The van der Waals surface area contributed by atoms with Crippen molar-refractivity contribution in [3.05, 3.63) is 92.3 Å². The number of nitrogens with one attached hydrogen (secondary N) is 1. The minimum atomic E-state index is -1.00. The largest absolute Gasteiger partial charge is 1.00 e. The van der Waals surface area contributed by atoms with Gasteiger partial charge in [0.15, 0.2) is 0 Å². The van der Waals surface area contributed by atoms with Crippen molar-refractivity contribution in [2.75, 3.05) is 5.32 Å². The van der Waals surface area contributed by atoms with Gasteiger partial charge in [0.05, 0.1) is 26.2 Å². The molecule has 0 radical (unpaired) electrons. The van der Waals surface area contributed by atoms with Crippen molar-refractivity contribution in [1.82, 2.24) is 9.55 Å². The number of anilines is 1. The zero-order valence-electron chi connectivity index (χ0n) is 18.1. The maximum absolute atomic E-state index is 13.0. The summed E-state index contributed by atoms with van der Waals surface area (Å²) >= 11 is 12.0. The Kier molecular flexibility index (Phi) is 9.38. The molecule has 0 aliphatic rings. The molecule has 0 saturated heterocycles. The quantitative estimate of drug-likeness (QED) is 0.126. The van der Waals surface area contributed by atoms with Crippen LogP contribution >= 0.6 is 23.2 Å². The second-order valence-corrected chi connectivity index (χ2v) is 7.85. The standard InChI is InChI=1S/C22H14Cl2N4O5.Na.H2O/c23-17-8-25-9-18(24)20(17)26-22(31)21(30)16-11-27(19-5-4-14(29)7-15(16)19)10-12-2-1-3-13(6-12)28(32)33;;/h1-9,11,29H,10H2,(H,25,26,31);;1H2/q;+1;/p-1. The number of aromatic nitrogens is 2. The Balaban J connectivity index is 0.00000216. The Morgan fingerprint density at radius 3 is 2.43 bits per heavy atom. The number of carbonyl (C=O) groups excluding carboxylic acids is 2. The Bertz CT molecular complexity index is 1420. The Morgan fingerprint density at radius 1 is 1.09 bits per heavy atom. The van der Waals surface area contributed by atoms with E-state index >= 15 is 0 Å². The number of Topliss-reactive ketones (excluding diaryl/α,β-unsaturated/α-hetero) is 1. The van der Waals surface area contributed by atoms with E-state index in [1.165, 1.54) is 48.9 Å². The smallest absolute Gasteiger partial charge is 0.872 e. The summed E-state index contributed by atoms with van der Waals surface area (Å²) in [5.74, 6) is -2.26. The van der Waals surface area contributed by atoms with Crippen LogP contribution < -0.4 is 40.0 Å². The number of carbonyl (C=O) groups is 2. The molecular formula is C22H15Cl2N4NaO6. The summed E-state index contributed by atoms with van der Waals surface area (Å²) in [5.41, 5.74) is 1.07. The average molecular weight is 525 g/mol. The second-order valence-electron chi connectivity index (χ2n) is 7.04. The molecule has 4 rings (SSSR count). The third-order valence-electron chi connectivity index (χ3n) is 4.87. The van der Waals surface area contributed by atoms with Gasteiger partial charge in [-0.05, 0) is 11.6 Å². The fourth-order valence-electron chi connectivity index (χ4n) is 3.38. The number of amides is 1. The van der Waals surface area contributed by atoms with Gasteiger partial charge < -0.3 is 20.5 Å². The van der Waals surface area contributed by atoms with Crippen LogP contribution in [0.1, 0.15) is 15.9 Å². The van der Waals surface area contributed by atoms with Crippen LogP contribution in [-0.2, 0) is 11.3 Å². The van der Waals surface area contributed by atoms with Crippen LogP contribution in [0.3, 0.4) is 0 Å². The van der Waals surface area contributed by atoms with Crippen LogP contribution in [-0.4, -0.2) is 31.6 Å². The molecule has 0 saturated carbocycles. The summed E-state index contributed by atoms with van der Waals surface area (Å²) in [6.45, 7) is 0.174. The van der Waals surface area contributed by atoms with Crippen LogP contribution in [0, 0.1) is 10.1 Å². The van der Waals surface area contributed by atoms with E-state index in [0.717, 1.165) is 0 Å². The molecule has 4 aromatic rings. The van der Waals surface area contributed by atoms with Crippen LogP contribution in [0.2, 0.25) is 10.0 Å². The number of hydrogen-bond acceptors (Lipinski definition) is 6. The summed E-state index contributed by atoms with van der Waals surface area (Å²) in [7, 11) is 0. The first-order valence-corrected chi connectivity index (χ1v) is 10.2. The number of pyridine rings is 1. The molecule has 0 atom stereocenters. The van der Waals surface area contributed by atoms with Gasteiger partial charge in [-0.15, -0.1) is 5.75 Å². The molecule has 0 aliphatic heterocycles. The van der Waals surface area contributed by atoms with Crippen molar-refractivity contribution in [2.45, 2.75) is 6.54 Å². The third-order valence-corrected chi connectivity index (χ3v) is 5.44. The minimum Gasteiger partial charge on any atom is -0.872 e. The first kappa shape index (κ1) is 28.2. The Morgan fingerprint density at radius 2 is 1.77 bits per heavy atom. The van der Waals surface area contributed by atoms with E-state index in [1.807, 2.05) is 0 Å². The molecule has 10 nitrogen and oxygen atoms in total. The van der Waals surface area contributed by atoms with Gasteiger partial charge in [0, 0.05) is 48.2 Å². The first-order valence-electron chi connectivity index (χ1n) is 9.42. The monoisotopic (exact) mass is 524 g/mol. The van der Waals surface area contributed by atoms with Gasteiger partial charge in [0.2, 0.25) is 0 Å². The zero-order valence-corrected chi connectivity index (χ0v) is 21.6. The molecule has 0 fully saturated rings. The van der Waals surface area contributed by atoms with Gasteiger partial charge in [0.25, 0.3) is 17.4 Å². The number of non-ortho nitro benzene ring substituents is 1. The number of nitro benzene ring substituents is 1. The van der Waals surface area contributed by atoms with Gasteiger partial charge in [-0.3, -0.25) is 24.7 Å². The van der Waals surface area contributed by atoms with Crippen LogP contribution in [0.5, 0.6) is 5.75 Å². The normalized spacial score (nSPS) is 10.2. The molecule has 0 bridgehead atoms. The summed E-state index contributed by atoms with van der Waals surface area (Å²) in [5, 5.41) is 25.8. The molecule has 1 amide bonds. The molecule has 13 heteroatoms. The van der Waals surface area contributed by atoms with Crippen molar-refractivity contribution < 1.29 is 54.7 Å². The van der Waals surface area contributed by atoms with E-state index in [-0.39, 0.29) is 79.7 Å². The van der Waals surface area contributed by atoms with Crippen molar-refractivity contribution in [3.8, 4) is 5.75 Å². The molecule has 3 N–H and O–H groups in total. The van der Waals surface area contributed by atoms with E-state index in [4.69, 9.17) is 23.2 Å². The molecule has 0 spiro atoms. The molecule has 2 aromatic heterocycles. The summed E-state index contributed by atoms with van der Waals surface area (Å²) < 4.78 is 1.64. The SMILES string of the molecule is O.O=C(Nc1c(Cl)cncc1Cl)C(=O)c1cn(Cc2cccc([N+](=O)[O-])c2)c2ccc([O-])cc12.[Na+]. The van der Waals surface area contributed by atoms with Gasteiger partial charge in [-0.2, -0.15) is 0 Å². The maximum atomic E-state index is 13.0. The number of nitro groups is 1. The van der Waals surface area contributed by atoms with Gasteiger partial charge >= 0.3 is 29.6 Å². The van der Waals surface area contributed by atoms with E-state index in [2.05, 4.69) is 10.3 Å². The van der Waals surface area contributed by atoms with Gasteiger partial charge in [0.1, 0.15) is 0 Å². The van der Waals surface area contributed by atoms with E-state index in [1.54, 1.807) is 16.7 Å². The number of ketones is 1. The third kappa shape index (κ3) is 5.99. The number of fused-ring (bicyclic) bond motifs is 1. The van der Waals surface area contributed by atoms with Crippen LogP contribution in [0.4, 0.5) is 11.4 Å². The molecule has 35 heavy (non-hydrogen) atoms. The number of rotatable bonds is 6. The van der Waals surface area contributed by atoms with E-state index in [0.29, 0.717) is 11.1 Å². The number of halogens is 2. The average Bonchev–Trinajstić information content (AvgIpc) is 3.13. The fraction of sp³-hybridized carbons (Fsp3) is 0.0455. The van der Waals surface area contributed by atoms with Crippen molar-refractivity contribution in [1.29, 1.82) is 0 Å². The fourth-order valence-corrected chi connectivity index (χ4v) is 3.84. The van der Waals surface area contributed by atoms with E-state index in [9.17, 15) is 24.8 Å². The van der Waals surface area contributed by atoms with Gasteiger partial charge in [-0.1, -0.05) is 47.5 Å². The zero-order chi connectivity index (χ0) is 23.7. The second kappa shape index (κ2) is 11.6. The number of hydrogen-bond donors (Lipinski definition) is 1. The van der Waals surface area contributed by atoms with Gasteiger partial charge in [-0.25, -0.2) is 0 Å². The number of benzene rings is 2. The van der Waals surface area contributed by atoms with Crippen molar-refractivity contribution >= 4 is 57.2 Å². The molecule has 0 aliphatic carbocycles. The first-order chi connectivity index (χ1) is 15.7. The molecule has 174 valence electrons. The maximum Gasteiger partial charge on any atom is 1.00 e. The number of nitrogens with zero attached hydrogens (tertiary/aromatic N) is 3. The summed E-state index contributed by atoms with van der Waals surface area (Å²) in [6, 6.07) is 10.1. The van der Waals surface area contributed by atoms with E-state index < -0.39 is 16.6 Å². The van der Waals surface area contributed by atoms with Crippen LogP contribution in [0.15, 0.2) is 61.1 Å². The predicted octanol–water partition coefficient (Wildman–Crippen LogP) is 0.374. The molecular weight excluding hydrogens is 510 g/mol.